The first-order chi connectivity index (χ1) is 11.9. The van der Waals surface area contributed by atoms with E-state index >= 15 is 0 Å². The molecule has 3 nitrogen and oxygen atoms in total. The Morgan fingerprint density at radius 3 is 2.44 bits per heavy atom. The number of halogens is 1. The van der Waals surface area contributed by atoms with Crippen molar-refractivity contribution >= 4 is 18.4 Å². The van der Waals surface area contributed by atoms with Gasteiger partial charge in [0.15, 0.2) is 0 Å². The van der Waals surface area contributed by atoms with E-state index in [4.69, 9.17) is 9.73 Å². The third-order valence-electron chi connectivity index (χ3n) is 5.00. The molecule has 2 aromatic rings. The second kappa shape index (κ2) is 8.39. The molecule has 0 spiro atoms. The van der Waals surface area contributed by atoms with E-state index in [1.807, 2.05) is 0 Å². The normalized spacial score (nSPS) is 23.7. The second-order valence-corrected chi connectivity index (χ2v) is 6.61. The topological polar surface area (TPSA) is 24.8 Å². The van der Waals surface area contributed by atoms with Gasteiger partial charge in [0.1, 0.15) is 6.10 Å². The molecular formula is C21H25ClN2O. The van der Waals surface area contributed by atoms with Gasteiger partial charge in [-0.2, -0.15) is 0 Å². The van der Waals surface area contributed by atoms with Crippen LogP contribution in [0.5, 0.6) is 0 Å². The van der Waals surface area contributed by atoms with Crippen LogP contribution in [0.2, 0.25) is 0 Å². The lowest BCUT2D eigenvalue weighted by molar-refractivity contribution is 0.168. The predicted molar refractivity (Wildman–Crippen MR) is 104 cm³/mol. The Labute approximate surface area is 156 Å². The van der Waals surface area contributed by atoms with Crippen molar-refractivity contribution in [1.82, 2.24) is 4.90 Å². The Bertz CT molecular complexity index is 690. The van der Waals surface area contributed by atoms with Gasteiger partial charge in [0, 0.05) is 13.1 Å². The molecule has 0 aromatic heterocycles. The van der Waals surface area contributed by atoms with E-state index < -0.39 is 0 Å². The van der Waals surface area contributed by atoms with Crippen molar-refractivity contribution in [3.05, 3.63) is 71.8 Å². The van der Waals surface area contributed by atoms with Gasteiger partial charge in [-0.05, 0) is 36.8 Å². The molecule has 2 aliphatic heterocycles. The number of fused-ring (bicyclic) bond motifs is 1. The second-order valence-electron chi connectivity index (χ2n) is 6.61. The van der Waals surface area contributed by atoms with Crippen LogP contribution in [0.25, 0.3) is 0 Å². The summed E-state index contributed by atoms with van der Waals surface area (Å²) < 4.78 is 6.31. The van der Waals surface area contributed by atoms with Crippen molar-refractivity contribution in [3.8, 4) is 0 Å². The summed E-state index contributed by atoms with van der Waals surface area (Å²) in [5, 5.41) is 0. The van der Waals surface area contributed by atoms with Gasteiger partial charge in [-0.15, -0.1) is 12.4 Å². The Kier molecular flexibility index (Phi) is 5.98. The third-order valence-corrected chi connectivity index (χ3v) is 5.00. The number of ether oxygens (including phenoxy) is 1. The first kappa shape index (κ1) is 17.8. The average molecular weight is 357 g/mol. The molecule has 2 saturated heterocycles. The smallest absolute Gasteiger partial charge is 0.288 e. The first-order valence-corrected chi connectivity index (χ1v) is 8.98. The minimum Gasteiger partial charge on any atom is -0.455 e. The third kappa shape index (κ3) is 3.98. The highest BCUT2D eigenvalue weighted by Gasteiger charge is 2.41. The molecule has 25 heavy (non-hydrogen) atoms. The molecule has 0 N–H and O–H groups in total. The van der Waals surface area contributed by atoms with Crippen LogP contribution in [0.1, 0.15) is 36.5 Å². The zero-order chi connectivity index (χ0) is 16.2. The molecule has 2 heterocycles. The molecule has 132 valence electrons. The van der Waals surface area contributed by atoms with Crippen LogP contribution >= 0.6 is 12.4 Å². The lowest BCUT2D eigenvalue weighted by atomic mass is 9.94. The average Bonchev–Trinajstić information content (AvgIpc) is 3.02. The maximum Gasteiger partial charge on any atom is 0.288 e. The van der Waals surface area contributed by atoms with Crippen molar-refractivity contribution < 1.29 is 4.74 Å². The Morgan fingerprint density at radius 2 is 1.68 bits per heavy atom. The van der Waals surface area contributed by atoms with Crippen molar-refractivity contribution in [2.24, 2.45) is 4.99 Å². The summed E-state index contributed by atoms with van der Waals surface area (Å²) in [6, 6.07) is 22.4. The molecule has 0 bridgehead atoms. The number of rotatable bonds is 4. The molecule has 2 aromatic carbocycles. The summed E-state index contributed by atoms with van der Waals surface area (Å²) >= 11 is 0. The zero-order valence-electron chi connectivity index (χ0n) is 14.4. The molecular weight excluding hydrogens is 332 g/mol. The quantitative estimate of drug-likeness (QED) is 0.797. The van der Waals surface area contributed by atoms with Crippen molar-refractivity contribution in [2.45, 2.75) is 37.8 Å². The summed E-state index contributed by atoms with van der Waals surface area (Å²) in [6.45, 7) is 1.85. The molecule has 0 unspecified atom stereocenters. The number of amidine groups is 1. The minimum atomic E-state index is 0. The minimum absolute atomic E-state index is 0. The number of nitrogens with zero attached hydrogens (tertiary/aromatic N) is 2. The Balaban J connectivity index is 0.00000182. The van der Waals surface area contributed by atoms with Crippen molar-refractivity contribution in [1.29, 1.82) is 0 Å². The molecule has 2 atom stereocenters. The highest BCUT2D eigenvalue weighted by atomic mass is 35.5. The van der Waals surface area contributed by atoms with E-state index in [0.29, 0.717) is 6.04 Å². The molecule has 0 radical (unpaired) electrons. The fourth-order valence-corrected chi connectivity index (χ4v) is 3.76. The summed E-state index contributed by atoms with van der Waals surface area (Å²) in [6.07, 6.45) is 4.80. The van der Waals surface area contributed by atoms with Gasteiger partial charge in [-0.25, -0.2) is 4.99 Å². The van der Waals surface area contributed by atoms with E-state index in [1.165, 1.54) is 30.4 Å². The van der Waals surface area contributed by atoms with Crippen molar-refractivity contribution in [3.63, 3.8) is 0 Å². The number of aliphatic imine (C=N–C) groups is 1. The molecule has 0 aliphatic carbocycles. The van der Waals surface area contributed by atoms with Crippen molar-refractivity contribution in [2.75, 3.05) is 13.1 Å². The number of hydrogen-bond acceptors (Lipinski definition) is 2. The molecule has 2 fully saturated rings. The van der Waals surface area contributed by atoms with Crippen LogP contribution in [-0.4, -0.2) is 30.1 Å². The molecule has 2 aliphatic rings. The number of hydrogen-bond donors (Lipinski definition) is 0. The van der Waals surface area contributed by atoms with Gasteiger partial charge in [-0.3, -0.25) is 0 Å². The molecule has 0 amide bonds. The highest BCUT2D eigenvalue weighted by Crippen LogP contribution is 2.37. The first-order valence-electron chi connectivity index (χ1n) is 8.98. The maximum absolute atomic E-state index is 6.31. The van der Waals surface area contributed by atoms with Gasteiger partial charge in [0.05, 0.1) is 6.04 Å². The summed E-state index contributed by atoms with van der Waals surface area (Å²) in [7, 11) is 0. The molecule has 4 heteroatoms. The summed E-state index contributed by atoms with van der Waals surface area (Å²) in [4.78, 5) is 7.19. The summed E-state index contributed by atoms with van der Waals surface area (Å²) in [5.41, 5.74) is 2.59. The van der Waals surface area contributed by atoms with Crippen LogP contribution in [-0.2, 0) is 11.2 Å². The summed E-state index contributed by atoms with van der Waals surface area (Å²) in [5.74, 6) is 0. The number of benzene rings is 2. The van der Waals surface area contributed by atoms with E-state index in [1.54, 1.807) is 0 Å². The van der Waals surface area contributed by atoms with Crippen LogP contribution in [0.4, 0.5) is 0 Å². The highest BCUT2D eigenvalue weighted by molar-refractivity contribution is 5.85. The Morgan fingerprint density at radius 1 is 0.960 bits per heavy atom. The van der Waals surface area contributed by atoms with Gasteiger partial charge in [-0.1, -0.05) is 60.7 Å². The van der Waals surface area contributed by atoms with Gasteiger partial charge >= 0.3 is 0 Å². The molecule has 4 rings (SSSR count). The van der Waals surface area contributed by atoms with Crippen LogP contribution < -0.4 is 0 Å². The SMILES string of the molecule is Cl.c1ccc(CCN=C2O[C@H](c3ccccc3)[C@H]3CCCCN23)cc1. The monoisotopic (exact) mass is 356 g/mol. The van der Waals surface area contributed by atoms with Crippen LogP contribution in [0, 0.1) is 0 Å². The number of piperidine rings is 1. The van der Waals surface area contributed by atoms with Gasteiger partial charge in [0.25, 0.3) is 6.02 Å². The zero-order valence-corrected chi connectivity index (χ0v) is 15.2. The largest absolute Gasteiger partial charge is 0.455 e. The van der Waals surface area contributed by atoms with E-state index in [0.717, 1.165) is 25.5 Å². The van der Waals surface area contributed by atoms with Gasteiger partial charge in [0.2, 0.25) is 0 Å². The lowest BCUT2D eigenvalue weighted by Crippen LogP contribution is -2.39. The van der Waals surface area contributed by atoms with E-state index in [9.17, 15) is 0 Å². The fraction of sp³-hybridized carbons (Fsp3) is 0.381. The standard InChI is InChI=1S/C21H24N2O.ClH/c1-3-9-17(10-4-1)14-15-22-21-23-16-8-7-13-19(23)20(24-21)18-11-5-2-6-12-18;/h1-6,9-12,19-20H,7-8,13-16H2;1H/t19-,20-;/m1./s1. The molecule has 0 saturated carbocycles. The van der Waals surface area contributed by atoms with E-state index in [-0.39, 0.29) is 18.5 Å². The van der Waals surface area contributed by atoms with Crippen LogP contribution in [0.3, 0.4) is 0 Å². The maximum atomic E-state index is 6.31. The van der Waals surface area contributed by atoms with Gasteiger partial charge < -0.3 is 9.64 Å². The Hall–Kier alpha value is -2.00. The fourth-order valence-electron chi connectivity index (χ4n) is 3.76. The lowest BCUT2D eigenvalue weighted by Gasteiger charge is -2.30. The van der Waals surface area contributed by atoms with Crippen LogP contribution in [0.15, 0.2) is 65.7 Å². The predicted octanol–water partition coefficient (Wildman–Crippen LogP) is 4.63. The van der Waals surface area contributed by atoms with E-state index in [2.05, 4.69) is 65.6 Å².